The highest BCUT2D eigenvalue weighted by molar-refractivity contribution is 5.94. The van der Waals surface area contributed by atoms with Crippen molar-refractivity contribution < 1.29 is 4.79 Å². The van der Waals surface area contributed by atoms with Crippen LogP contribution in [0.25, 0.3) is 0 Å². The monoisotopic (exact) mass is 303 g/mol. The number of nitrogens with zero attached hydrogens (tertiary/aromatic N) is 3. The van der Waals surface area contributed by atoms with Crippen LogP contribution in [-0.2, 0) is 0 Å². The number of likely N-dealkylation sites (N-methyl/N-ethyl adjacent to an activating group) is 1. The van der Waals surface area contributed by atoms with Crippen molar-refractivity contribution >= 4 is 11.7 Å². The number of rotatable bonds is 5. The van der Waals surface area contributed by atoms with Gasteiger partial charge in [-0.2, -0.15) is 0 Å². The molecule has 6 heteroatoms. The summed E-state index contributed by atoms with van der Waals surface area (Å²) in [5.41, 5.74) is 6.68. The fourth-order valence-electron chi connectivity index (χ4n) is 2.77. The number of hydrogen-bond donors (Lipinski definition) is 2. The van der Waals surface area contributed by atoms with Crippen molar-refractivity contribution in [3.63, 3.8) is 0 Å². The molecule has 1 amide bonds. The van der Waals surface area contributed by atoms with E-state index in [2.05, 4.69) is 27.1 Å². The van der Waals surface area contributed by atoms with Crippen molar-refractivity contribution in [1.29, 1.82) is 0 Å². The van der Waals surface area contributed by atoms with Gasteiger partial charge in [0.05, 0.1) is 0 Å². The smallest absolute Gasteiger partial charge is 0.251 e. The first-order valence-corrected chi connectivity index (χ1v) is 8.07. The third kappa shape index (κ3) is 3.75. The van der Waals surface area contributed by atoms with Crippen LogP contribution in [0, 0.1) is 5.92 Å². The highest BCUT2D eigenvalue weighted by atomic mass is 16.1. The van der Waals surface area contributed by atoms with Gasteiger partial charge < -0.3 is 20.9 Å². The molecule has 22 heavy (non-hydrogen) atoms. The van der Waals surface area contributed by atoms with Crippen LogP contribution in [0.5, 0.6) is 0 Å². The molecule has 2 fully saturated rings. The van der Waals surface area contributed by atoms with E-state index in [0.717, 1.165) is 32.0 Å². The Bertz CT molecular complexity index is 523. The Morgan fingerprint density at radius 1 is 1.41 bits per heavy atom. The summed E-state index contributed by atoms with van der Waals surface area (Å²) in [6.07, 6.45) is 4.10. The average molecular weight is 303 g/mol. The third-order valence-corrected chi connectivity index (χ3v) is 4.56. The normalized spacial score (nSPS) is 20.7. The Labute approximate surface area is 131 Å². The summed E-state index contributed by atoms with van der Waals surface area (Å²) in [5, 5.41) is 2.94. The minimum atomic E-state index is -0.0612. The molecule has 3 N–H and O–H groups in total. The van der Waals surface area contributed by atoms with Crippen LogP contribution >= 0.6 is 0 Å². The molecule has 1 aromatic heterocycles. The van der Waals surface area contributed by atoms with E-state index in [1.807, 2.05) is 6.07 Å². The fraction of sp³-hybridized carbons (Fsp3) is 0.625. The Morgan fingerprint density at radius 3 is 2.82 bits per heavy atom. The first kappa shape index (κ1) is 15.2. The molecule has 1 atom stereocenters. The van der Waals surface area contributed by atoms with Gasteiger partial charge in [0.2, 0.25) is 0 Å². The molecular weight excluding hydrogens is 278 g/mol. The lowest BCUT2D eigenvalue weighted by molar-refractivity contribution is 0.0950. The van der Waals surface area contributed by atoms with Crippen LogP contribution < -0.4 is 16.0 Å². The number of piperazine rings is 1. The third-order valence-electron chi connectivity index (χ3n) is 4.56. The zero-order valence-electron chi connectivity index (χ0n) is 13.2. The lowest BCUT2D eigenvalue weighted by Crippen LogP contribution is -2.45. The lowest BCUT2D eigenvalue weighted by Gasteiger charge is -2.33. The van der Waals surface area contributed by atoms with Gasteiger partial charge in [-0.15, -0.1) is 0 Å². The summed E-state index contributed by atoms with van der Waals surface area (Å²) >= 11 is 0. The number of aromatic nitrogens is 1. The van der Waals surface area contributed by atoms with Gasteiger partial charge in [0.15, 0.2) is 0 Å². The Kier molecular flexibility index (Phi) is 4.59. The van der Waals surface area contributed by atoms with Crippen LogP contribution in [0.2, 0.25) is 0 Å². The zero-order chi connectivity index (χ0) is 15.5. The van der Waals surface area contributed by atoms with Crippen LogP contribution in [0.4, 0.5) is 5.82 Å². The van der Waals surface area contributed by atoms with Crippen molar-refractivity contribution in [1.82, 2.24) is 15.2 Å². The summed E-state index contributed by atoms with van der Waals surface area (Å²) in [6.45, 7) is 4.49. The molecule has 0 bridgehead atoms. The Balaban J connectivity index is 1.59. The highest BCUT2D eigenvalue weighted by Crippen LogP contribution is 2.31. The number of carbonyl (C=O) groups is 1. The fourth-order valence-corrected chi connectivity index (χ4v) is 2.77. The van der Waals surface area contributed by atoms with Gasteiger partial charge >= 0.3 is 0 Å². The molecule has 1 aromatic rings. The number of hydrogen-bond acceptors (Lipinski definition) is 5. The minimum Gasteiger partial charge on any atom is -0.354 e. The largest absolute Gasteiger partial charge is 0.354 e. The second kappa shape index (κ2) is 6.62. The molecule has 0 radical (unpaired) electrons. The molecule has 1 aliphatic carbocycles. The number of nitrogens with two attached hydrogens (primary N) is 1. The lowest BCUT2D eigenvalue weighted by atomic mass is 10.2. The highest BCUT2D eigenvalue weighted by Gasteiger charge is 2.28. The molecule has 1 aliphatic heterocycles. The van der Waals surface area contributed by atoms with Gasteiger partial charge in [-0.05, 0) is 37.9 Å². The van der Waals surface area contributed by atoms with E-state index >= 15 is 0 Å². The summed E-state index contributed by atoms with van der Waals surface area (Å²) in [6, 6.07) is 3.73. The zero-order valence-corrected chi connectivity index (χ0v) is 13.2. The van der Waals surface area contributed by atoms with Crippen molar-refractivity contribution in [3.8, 4) is 0 Å². The molecule has 6 nitrogen and oxygen atoms in total. The maximum atomic E-state index is 12.3. The molecular formula is C16H25N5O. The van der Waals surface area contributed by atoms with Gasteiger partial charge in [0.25, 0.3) is 5.91 Å². The first-order chi connectivity index (χ1) is 10.6. The van der Waals surface area contributed by atoms with Crippen LogP contribution in [0.1, 0.15) is 23.2 Å². The quantitative estimate of drug-likeness (QED) is 0.818. The Morgan fingerprint density at radius 2 is 2.14 bits per heavy atom. The maximum Gasteiger partial charge on any atom is 0.251 e. The molecule has 1 saturated carbocycles. The molecule has 0 aromatic carbocycles. The number of anilines is 1. The summed E-state index contributed by atoms with van der Waals surface area (Å²) < 4.78 is 0. The molecule has 120 valence electrons. The van der Waals surface area contributed by atoms with Crippen LogP contribution in [0.3, 0.4) is 0 Å². The van der Waals surface area contributed by atoms with Gasteiger partial charge in [0.1, 0.15) is 5.82 Å². The average Bonchev–Trinajstić information content (AvgIpc) is 3.38. The van der Waals surface area contributed by atoms with Crippen LogP contribution in [-0.4, -0.2) is 61.6 Å². The topological polar surface area (TPSA) is 74.5 Å². The molecule has 0 spiro atoms. The SMILES string of the molecule is CN1CCN(c2cc(C(=O)NCC(N)C3CC3)ccn2)CC1. The van der Waals surface area contributed by atoms with E-state index in [-0.39, 0.29) is 11.9 Å². The van der Waals surface area contributed by atoms with Crippen molar-refractivity contribution in [2.75, 3.05) is 44.7 Å². The van der Waals surface area contributed by atoms with Gasteiger partial charge in [0, 0.05) is 50.5 Å². The predicted molar refractivity (Wildman–Crippen MR) is 87.0 cm³/mol. The van der Waals surface area contributed by atoms with Crippen molar-refractivity contribution in [2.45, 2.75) is 18.9 Å². The predicted octanol–water partition coefficient (Wildman–Crippen LogP) is 0.301. The number of amides is 1. The molecule has 1 unspecified atom stereocenters. The first-order valence-electron chi connectivity index (χ1n) is 8.07. The summed E-state index contributed by atoms with van der Waals surface area (Å²) in [5.74, 6) is 1.42. The number of carbonyl (C=O) groups excluding carboxylic acids is 1. The van der Waals surface area contributed by atoms with E-state index in [0.29, 0.717) is 18.0 Å². The second-order valence-electron chi connectivity index (χ2n) is 6.40. The molecule has 1 saturated heterocycles. The van der Waals surface area contributed by atoms with Gasteiger partial charge in [-0.25, -0.2) is 4.98 Å². The van der Waals surface area contributed by atoms with E-state index in [1.54, 1.807) is 12.3 Å². The van der Waals surface area contributed by atoms with E-state index in [9.17, 15) is 4.79 Å². The van der Waals surface area contributed by atoms with Crippen molar-refractivity contribution in [3.05, 3.63) is 23.9 Å². The molecule has 2 aliphatic rings. The minimum absolute atomic E-state index is 0.0612. The van der Waals surface area contributed by atoms with Gasteiger partial charge in [-0.3, -0.25) is 4.79 Å². The van der Waals surface area contributed by atoms with Gasteiger partial charge in [-0.1, -0.05) is 0 Å². The van der Waals surface area contributed by atoms with Crippen LogP contribution in [0.15, 0.2) is 18.3 Å². The summed E-state index contributed by atoms with van der Waals surface area (Å²) in [4.78, 5) is 21.2. The van der Waals surface area contributed by atoms with E-state index < -0.39 is 0 Å². The summed E-state index contributed by atoms with van der Waals surface area (Å²) in [7, 11) is 2.12. The molecule has 2 heterocycles. The number of nitrogens with one attached hydrogen (secondary N) is 1. The second-order valence-corrected chi connectivity index (χ2v) is 6.40. The van der Waals surface area contributed by atoms with E-state index in [4.69, 9.17) is 5.73 Å². The molecule has 3 rings (SSSR count). The van der Waals surface area contributed by atoms with E-state index in [1.165, 1.54) is 12.8 Å². The van der Waals surface area contributed by atoms with Crippen molar-refractivity contribution in [2.24, 2.45) is 11.7 Å². The number of pyridine rings is 1. The Hall–Kier alpha value is -1.66. The standard InChI is InChI=1S/C16H25N5O/c1-20-6-8-21(9-7-20)15-10-13(4-5-18-15)16(22)19-11-14(17)12-2-3-12/h4-5,10,12,14H,2-3,6-9,11,17H2,1H3,(H,19,22). The maximum absolute atomic E-state index is 12.3.